The molecular formula is C11H17NO4S2. The lowest BCUT2D eigenvalue weighted by atomic mass is 10.1. The molecule has 2 rings (SSSR count). The highest BCUT2D eigenvalue weighted by atomic mass is 32.2. The summed E-state index contributed by atoms with van der Waals surface area (Å²) in [5, 5.41) is 11.0. The summed E-state index contributed by atoms with van der Waals surface area (Å²) < 4.78 is 32.5. The summed E-state index contributed by atoms with van der Waals surface area (Å²) in [6.45, 7) is 2.67. The summed E-state index contributed by atoms with van der Waals surface area (Å²) in [5.74, 6) is 0. The second kappa shape index (κ2) is 5.66. The lowest BCUT2D eigenvalue weighted by Crippen LogP contribution is -2.39. The van der Waals surface area contributed by atoms with E-state index in [1.165, 1.54) is 11.3 Å². The van der Waals surface area contributed by atoms with Gasteiger partial charge in [0.2, 0.25) is 10.0 Å². The van der Waals surface area contributed by atoms with Crippen LogP contribution in [0.15, 0.2) is 10.3 Å². The Morgan fingerprint density at radius 2 is 2.17 bits per heavy atom. The summed E-state index contributed by atoms with van der Waals surface area (Å²) in [7, 11) is -3.55. The van der Waals surface area contributed by atoms with Gasteiger partial charge in [-0.15, -0.1) is 11.3 Å². The number of sulfonamides is 1. The zero-order valence-corrected chi connectivity index (χ0v) is 11.8. The SMILES string of the molecule is Cc1csc(CO)c1S(=O)(=O)NC1CCOCC1. The van der Waals surface area contributed by atoms with Crippen molar-refractivity contribution in [2.75, 3.05) is 13.2 Å². The Morgan fingerprint density at radius 3 is 2.78 bits per heavy atom. The first-order valence-corrected chi connectivity index (χ1v) is 8.19. The third-order valence-electron chi connectivity index (χ3n) is 2.94. The number of hydrogen-bond acceptors (Lipinski definition) is 5. The van der Waals surface area contributed by atoms with Crippen molar-refractivity contribution >= 4 is 21.4 Å². The van der Waals surface area contributed by atoms with E-state index in [0.29, 0.717) is 36.5 Å². The molecule has 1 saturated heterocycles. The van der Waals surface area contributed by atoms with E-state index in [0.717, 1.165) is 0 Å². The molecule has 2 heterocycles. The second-order valence-electron chi connectivity index (χ2n) is 4.34. The lowest BCUT2D eigenvalue weighted by molar-refractivity contribution is 0.0832. The van der Waals surface area contributed by atoms with Crippen molar-refractivity contribution in [1.29, 1.82) is 0 Å². The predicted molar refractivity (Wildman–Crippen MR) is 69.1 cm³/mol. The molecule has 2 N–H and O–H groups in total. The van der Waals surface area contributed by atoms with Crippen molar-refractivity contribution in [3.05, 3.63) is 15.8 Å². The molecule has 5 nitrogen and oxygen atoms in total. The van der Waals surface area contributed by atoms with Crippen LogP contribution in [0.4, 0.5) is 0 Å². The molecule has 1 fully saturated rings. The average molecular weight is 291 g/mol. The zero-order chi connectivity index (χ0) is 13.2. The molecule has 0 unspecified atom stereocenters. The lowest BCUT2D eigenvalue weighted by Gasteiger charge is -2.23. The topological polar surface area (TPSA) is 75.6 Å². The van der Waals surface area contributed by atoms with Gasteiger partial charge in [-0.1, -0.05) is 0 Å². The largest absolute Gasteiger partial charge is 0.391 e. The summed E-state index contributed by atoms with van der Waals surface area (Å²) in [6.07, 6.45) is 1.38. The van der Waals surface area contributed by atoms with Crippen molar-refractivity contribution in [3.8, 4) is 0 Å². The molecule has 1 aliphatic heterocycles. The van der Waals surface area contributed by atoms with Gasteiger partial charge in [-0.25, -0.2) is 13.1 Å². The molecule has 7 heteroatoms. The van der Waals surface area contributed by atoms with E-state index in [9.17, 15) is 13.5 Å². The average Bonchev–Trinajstić information content (AvgIpc) is 2.72. The molecule has 0 atom stereocenters. The molecule has 0 bridgehead atoms. The van der Waals surface area contributed by atoms with Gasteiger partial charge >= 0.3 is 0 Å². The molecule has 0 saturated carbocycles. The van der Waals surface area contributed by atoms with Crippen molar-refractivity contribution in [1.82, 2.24) is 4.72 Å². The minimum Gasteiger partial charge on any atom is -0.391 e. The number of aliphatic hydroxyl groups is 1. The monoisotopic (exact) mass is 291 g/mol. The maximum Gasteiger partial charge on any atom is 0.242 e. The Bertz CT molecular complexity index is 503. The summed E-state index contributed by atoms with van der Waals surface area (Å²) in [6, 6.07) is -0.0745. The molecule has 102 valence electrons. The summed E-state index contributed by atoms with van der Waals surface area (Å²) >= 11 is 1.27. The highest BCUT2D eigenvalue weighted by Crippen LogP contribution is 2.27. The molecule has 1 aliphatic rings. The number of aliphatic hydroxyl groups excluding tert-OH is 1. The van der Waals surface area contributed by atoms with E-state index in [4.69, 9.17) is 4.74 Å². The van der Waals surface area contributed by atoms with Gasteiger partial charge in [0.15, 0.2) is 0 Å². The third-order valence-corrected chi connectivity index (χ3v) is 5.91. The second-order valence-corrected chi connectivity index (χ2v) is 6.95. The third kappa shape index (κ3) is 2.92. The van der Waals surface area contributed by atoms with Crippen LogP contribution in [0.3, 0.4) is 0 Å². The number of hydrogen-bond donors (Lipinski definition) is 2. The van der Waals surface area contributed by atoms with Gasteiger partial charge in [0.25, 0.3) is 0 Å². The molecule has 0 aliphatic carbocycles. The van der Waals surface area contributed by atoms with Crippen molar-refractivity contribution in [3.63, 3.8) is 0 Å². The summed E-state index contributed by atoms with van der Waals surface area (Å²) in [4.78, 5) is 0.730. The van der Waals surface area contributed by atoms with Crippen LogP contribution in [0.2, 0.25) is 0 Å². The van der Waals surface area contributed by atoms with Crippen molar-refractivity contribution in [2.45, 2.75) is 37.3 Å². The number of thiophene rings is 1. The van der Waals surface area contributed by atoms with Gasteiger partial charge in [0, 0.05) is 19.3 Å². The van der Waals surface area contributed by atoms with Crippen LogP contribution >= 0.6 is 11.3 Å². The van der Waals surface area contributed by atoms with E-state index in [1.54, 1.807) is 12.3 Å². The highest BCUT2D eigenvalue weighted by Gasteiger charge is 2.26. The minimum atomic E-state index is -3.55. The van der Waals surface area contributed by atoms with Crippen molar-refractivity contribution in [2.24, 2.45) is 0 Å². The Morgan fingerprint density at radius 1 is 1.50 bits per heavy atom. The van der Waals surface area contributed by atoms with Crippen LogP contribution in [-0.4, -0.2) is 32.8 Å². The molecule has 0 radical (unpaired) electrons. The fraction of sp³-hybridized carbons (Fsp3) is 0.636. The standard InChI is InChI=1S/C11H17NO4S2/c1-8-7-17-10(6-13)11(8)18(14,15)12-9-2-4-16-5-3-9/h7,9,12-13H,2-6H2,1H3. The van der Waals surface area contributed by atoms with Crippen LogP contribution in [-0.2, 0) is 21.4 Å². The Kier molecular flexibility index (Phi) is 4.39. The zero-order valence-electron chi connectivity index (χ0n) is 10.2. The van der Waals surface area contributed by atoms with Gasteiger partial charge in [-0.3, -0.25) is 0 Å². The van der Waals surface area contributed by atoms with E-state index in [1.807, 2.05) is 0 Å². The fourth-order valence-electron chi connectivity index (χ4n) is 2.05. The first kappa shape index (κ1) is 14.0. The number of rotatable bonds is 4. The fourth-order valence-corrected chi connectivity index (χ4v) is 5.02. The first-order valence-electron chi connectivity index (χ1n) is 5.82. The van der Waals surface area contributed by atoms with Crippen LogP contribution in [0.25, 0.3) is 0 Å². The van der Waals surface area contributed by atoms with E-state index < -0.39 is 10.0 Å². The van der Waals surface area contributed by atoms with Gasteiger partial charge in [0.05, 0.1) is 11.5 Å². The maximum absolute atomic E-state index is 12.3. The Labute approximate surface area is 111 Å². The van der Waals surface area contributed by atoms with E-state index in [-0.39, 0.29) is 17.5 Å². The van der Waals surface area contributed by atoms with Gasteiger partial charge in [-0.05, 0) is 30.7 Å². The van der Waals surface area contributed by atoms with Crippen LogP contribution in [0, 0.1) is 6.92 Å². The molecular weight excluding hydrogens is 274 g/mol. The van der Waals surface area contributed by atoms with Crippen LogP contribution in [0.1, 0.15) is 23.3 Å². The maximum atomic E-state index is 12.3. The first-order chi connectivity index (χ1) is 8.54. The number of nitrogens with one attached hydrogen (secondary N) is 1. The minimum absolute atomic E-state index is 0.0745. The molecule has 1 aromatic rings. The smallest absolute Gasteiger partial charge is 0.242 e. The normalized spacial score (nSPS) is 18.1. The molecule has 1 aromatic heterocycles. The van der Waals surface area contributed by atoms with E-state index in [2.05, 4.69) is 4.72 Å². The Hall–Kier alpha value is -0.470. The van der Waals surface area contributed by atoms with Gasteiger partial charge < -0.3 is 9.84 Å². The highest BCUT2D eigenvalue weighted by molar-refractivity contribution is 7.89. The number of aryl methyl sites for hydroxylation is 1. The van der Waals surface area contributed by atoms with Crippen LogP contribution in [0.5, 0.6) is 0 Å². The van der Waals surface area contributed by atoms with Crippen LogP contribution < -0.4 is 4.72 Å². The van der Waals surface area contributed by atoms with E-state index >= 15 is 0 Å². The summed E-state index contributed by atoms with van der Waals surface area (Å²) in [5.41, 5.74) is 0.684. The number of ether oxygens (including phenoxy) is 1. The van der Waals surface area contributed by atoms with Gasteiger partial charge in [0.1, 0.15) is 4.90 Å². The predicted octanol–water partition coefficient (Wildman–Crippen LogP) is 1.01. The molecule has 18 heavy (non-hydrogen) atoms. The quantitative estimate of drug-likeness (QED) is 0.868. The van der Waals surface area contributed by atoms with Gasteiger partial charge in [-0.2, -0.15) is 0 Å². The van der Waals surface area contributed by atoms with Crippen molar-refractivity contribution < 1.29 is 18.3 Å². The molecule has 0 aromatic carbocycles. The Balaban J connectivity index is 2.21. The molecule has 0 spiro atoms. The molecule has 0 amide bonds.